The van der Waals surface area contributed by atoms with Crippen LogP contribution in [0.3, 0.4) is 0 Å². The Hall–Kier alpha value is -1.36. The van der Waals surface area contributed by atoms with Crippen LogP contribution < -0.4 is 10.6 Å². The summed E-state index contributed by atoms with van der Waals surface area (Å²) in [5.74, 6) is 2.57. The zero-order chi connectivity index (χ0) is 15.9. The van der Waals surface area contributed by atoms with Crippen molar-refractivity contribution in [3.8, 4) is 0 Å². The maximum absolute atomic E-state index is 5.53. The Labute approximate surface area is 128 Å². The average Bonchev–Trinajstić information content (AvgIpc) is 2.41. The van der Waals surface area contributed by atoms with Crippen molar-refractivity contribution in [2.24, 2.45) is 0 Å². The fourth-order valence-corrected chi connectivity index (χ4v) is 1.76. The Morgan fingerprint density at radius 1 is 1.14 bits per heavy atom. The quantitative estimate of drug-likeness (QED) is 0.719. The van der Waals surface area contributed by atoms with Gasteiger partial charge in [0.2, 0.25) is 0 Å². The molecule has 21 heavy (non-hydrogen) atoms. The second-order valence-corrected chi connectivity index (χ2v) is 6.52. The molecule has 0 aliphatic rings. The van der Waals surface area contributed by atoms with Crippen molar-refractivity contribution in [2.75, 3.05) is 30.8 Å². The predicted molar refractivity (Wildman–Crippen MR) is 89.1 cm³/mol. The molecule has 1 aromatic heterocycles. The van der Waals surface area contributed by atoms with Crippen molar-refractivity contribution in [1.82, 2.24) is 9.97 Å². The second-order valence-electron chi connectivity index (χ2n) is 6.52. The number of nitrogens with one attached hydrogen (secondary N) is 2. The molecule has 0 saturated carbocycles. The molecule has 1 aromatic rings. The standard InChI is InChI=1S/C16H30N4O/c1-12(2)21-10-8-7-9-18-14-11-13(17-6)19-15(20-14)16(3,4)5/h11-12H,7-10H2,1-6H3,(H2,17,18,19,20). The van der Waals surface area contributed by atoms with Crippen LogP contribution >= 0.6 is 0 Å². The fourth-order valence-electron chi connectivity index (χ4n) is 1.76. The molecule has 5 nitrogen and oxygen atoms in total. The molecule has 0 unspecified atom stereocenters. The van der Waals surface area contributed by atoms with Crippen LogP contribution in [-0.2, 0) is 10.2 Å². The lowest BCUT2D eigenvalue weighted by atomic mass is 9.96. The molecule has 0 atom stereocenters. The number of aromatic nitrogens is 2. The van der Waals surface area contributed by atoms with Gasteiger partial charge in [-0.2, -0.15) is 0 Å². The molecule has 120 valence electrons. The van der Waals surface area contributed by atoms with Crippen molar-refractivity contribution in [2.45, 2.75) is 59.0 Å². The monoisotopic (exact) mass is 294 g/mol. The topological polar surface area (TPSA) is 59.1 Å². The van der Waals surface area contributed by atoms with Gasteiger partial charge in [0, 0.05) is 31.7 Å². The number of rotatable bonds is 8. The number of nitrogens with zero attached hydrogens (tertiary/aromatic N) is 2. The molecular weight excluding hydrogens is 264 g/mol. The van der Waals surface area contributed by atoms with Gasteiger partial charge in [-0.15, -0.1) is 0 Å². The van der Waals surface area contributed by atoms with Crippen LogP contribution in [0.15, 0.2) is 6.07 Å². The summed E-state index contributed by atoms with van der Waals surface area (Å²) < 4.78 is 5.53. The minimum Gasteiger partial charge on any atom is -0.379 e. The van der Waals surface area contributed by atoms with Gasteiger partial charge in [-0.3, -0.25) is 0 Å². The third kappa shape index (κ3) is 6.76. The van der Waals surface area contributed by atoms with Gasteiger partial charge in [0.25, 0.3) is 0 Å². The summed E-state index contributed by atoms with van der Waals surface area (Å²) in [6, 6.07) is 1.94. The van der Waals surface area contributed by atoms with E-state index in [-0.39, 0.29) is 5.41 Å². The van der Waals surface area contributed by atoms with Crippen molar-refractivity contribution in [3.05, 3.63) is 11.9 Å². The number of unbranched alkanes of at least 4 members (excludes halogenated alkanes) is 1. The molecule has 0 radical (unpaired) electrons. The second kappa shape index (κ2) is 8.17. The van der Waals surface area contributed by atoms with Gasteiger partial charge in [0.05, 0.1) is 6.10 Å². The summed E-state index contributed by atoms with van der Waals surface area (Å²) >= 11 is 0. The Balaban J connectivity index is 2.51. The summed E-state index contributed by atoms with van der Waals surface area (Å²) in [7, 11) is 1.88. The van der Waals surface area contributed by atoms with E-state index in [4.69, 9.17) is 4.74 Å². The lowest BCUT2D eigenvalue weighted by molar-refractivity contribution is 0.0765. The Kier molecular flexibility index (Phi) is 6.89. The summed E-state index contributed by atoms with van der Waals surface area (Å²) in [6.07, 6.45) is 2.44. The van der Waals surface area contributed by atoms with Gasteiger partial charge in [0.15, 0.2) is 0 Å². The fraction of sp³-hybridized carbons (Fsp3) is 0.750. The molecule has 0 fully saturated rings. The maximum atomic E-state index is 5.53. The molecule has 0 spiro atoms. The van der Waals surface area contributed by atoms with Crippen molar-refractivity contribution in [3.63, 3.8) is 0 Å². The molecule has 0 aromatic carbocycles. The van der Waals surface area contributed by atoms with Crippen LogP contribution in [0, 0.1) is 0 Å². The zero-order valence-electron chi connectivity index (χ0n) is 14.3. The van der Waals surface area contributed by atoms with Gasteiger partial charge >= 0.3 is 0 Å². The zero-order valence-corrected chi connectivity index (χ0v) is 14.3. The highest BCUT2D eigenvalue weighted by Crippen LogP contribution is 2.22. The highest BCUT2D eigenvalue weighted by molar-refractivity contribution is 5.47. The first kappa shape index (κ1) is 17.7. The van der Waals surface area contributed by atoms with Crippen molar-refractivity contribution >= 4 is 11.6 Å². The third-order valence-corrected chi connectivity index (χ3v) is 2.98. The van der Waals surface area contributed by atoms with E-state index in [1.807, 2.05) is 13.1 Å². The number of hydrogen-bond donors (Lipinski definition) is 2. The lowest BCUT2D eigenvalue weighted by Gasteiger charge is -2.19. The van der Waals surface area contributed by atoms with E-state index in [0.717, 1.165) is 43.5 Å². The van der Waals surface area contributed by atoms with E-state index in [0.29, 0.717) is 6.10 Å². The van der Waals surface area contributed by atoms with E-state index < -0.39 is 0 Å². The number of hydrogen-bond acceptors (Lipinski definition) is 5. The Bertz CT molecular complexity index is 427. The Morgan fingerprint density at radius 2 is 1.81 bits per heavy atom. The first-order chi connectivity index (χ1) is 9.82. The molecular formula is C16H30N4O. The molecule has 0 bridgehead atoms. The summed E-state index contributed by atoms with van der Waals surface area (Å²) in [5, 5.41) is 6.47. The SMILES string of the molecule is CNc1cc(NCCCCOC(C)C)nc(C(C)(C)C)n1. The van der Waals surface area contributed by atoms with Crippen LogP contribution in [0.2, 0.25) is 0 Å². The van der Waals surface area contributed by atoms with Crippen molar-refractivity contribution < 1.29 is 4.74 Å². The summed E-state index contributed by atoms with van der Waals surface area (Å²) in [5.41, 5.74) is -0.0611. The number of anilines is 2. The molecule has 0 saturated heterocycles. The van der Waals surface area contributed by atoms with Gasteiger partial charge in [-0.1, -0.05) is 20.8 Å². The molecule has 0 amide bonds. The Morgan fingerprint density at radius 3 is 2.38 bits per heavy atom. The van der Waals surface area contributed by atoms with Crippen LogP contribution in [0.4, 0.5) is 11.6 Å². The van der Waals surface area contributed by atoms with Crippen LogP contribution in [0.25, 0.3) is 0 Å². The largest absolute Gasteiger partial charge is 0.379 e. The van der Waals surface area contributed by atoms with Gasteiger partial charge < -0.3 is 15.4 Å². The average molecular weight is 294 g/mol. The lowest BCUT2D eigenvalue weighted by Crippen LogP contribution is -2.18. The van der Waals surface area contributed by atoms with Crippen LogP contribution in [0.1, 0.15) is 53.3 Å². The molecule has 1 rings (SSSR count). The summed E-state index contributed by atoms with van der Waals surface area (Å²) in [6.45, 7) is 12.2. The number of ether oxygens (including phenoxy) is 1. The van der Waals surface area contributed by atoms with E-state index in [2.05, 4.69) is 55.2 Å². The van der Waals surface area contributed by atoms with Gasteiger partial charge in [-0.05, 0) is 26.7 Å². The highest BCUT2D eigenvalue weighted by Gasteiger charge is 2.18. The molecule has 2 N–H and O–H groups in total. The minimum atomic E-state index is -0.0611. The first-order valence-electron chi connectivity index (χ1n) is 7.75. The third-order valence-electron chi connectivity index (χ3n) is 2.98. The van der Waals surface area contributed by atoms with Crippen molar-refractivity contribution in [1.29, 1.82) is 0 Å². The van der Waals surface area contributed by atoms with E-state index in [1.54, 1.807) is 0 Å². The maximum Gasteiger partial charge on any atom is 0.138 e. The summed E-state index contributed by atoms with van der Waals surface area (Å²) in [4.78, 5) is 9.12. The molecule has 0 aliphatic heterocycles. The minimum absolute atomic E-state index is 0.0611. The van der Waals surface area contributed by atoms with Crippen LogP contribution in [0.5, 0.6) is 0 Å². The normalized spacial score (nSPS) is 11.8. The molecule has 5 heteroatoms. The highest BCUT2D eigenvalue weighted by atomic mass is 16.5. The predicted octanol–water partition coefficient (Wildman–Crippen LogP) is 3.43. The molecule has 0 aliphatic carbocycles. The van der Waals surface area contributed by atoms with E-state index in [9.17, 15) is 0 Å². The smallest absolute Gasteiger partial charge is 0.138 e. The first-order valence-corrected chi connectivity index (χ1v) is 7.75. The van der Waals surface area contributed by atoms with E-state index >= 15 is 0 Å². The molecule has 1 heterocycles. The van der Waals surface area contributed by atoms with Crippen LogP contribution in [-0.4, -0.2) is 36.3 Å². The van der Waals surface area contributed by atoms with Gasteiger partial charge in [0.1, 0.15) is 17.5 Å². The van der Waals surface area contributed by atoms with Gasteiger partial charge in [-0.25, -0.2) is 9.97 Å². The van der Waals surface area contributed by atoms with E-state index in [1.165, 1.54) is 0 Å².